The largest absolute Gasteiger partial charge is 0.449 e. The number of nitrogens with one attached hydrogen (secondary N) is 1. The minimum absolute atomic E-state index is 0.253. The van der Waals surface area contributed by atoms with Crippen LogP contribution in [0.2, 0.25) is 5.02 Å². The number of nitrogens with zero attached hydrogens (tertiary/aromatic N) is 1. The highest BCUT2D eigenvalue weighted by Crippen LogP contribution is 2.30. The molecule has 4 nitrogen and oxygen atoms in total. The number of rotatable bonds is 3. The van der Waals surface area contributed by atoms with E-state index >= 15 is 0 Å². The van der Waals surface area contributed by atoms with E-state index in [0.717, 1.165) is 16.5 Å². The van der Waals surface area contributed by atoms with Crippen LogP contribution in [0.1, 0.15) is 21.7 Å². The highest BCUT2D eigenvalue weighted by molar-refractivity contribution is 6.35. The summed E-state index contributed by atoms with van der Waals surface area (Å²) < 4.78 is 5.62. The van der Waals surface area contributed by atoms with Gasteiger partial charge in [-0.15, -0.1) is 0 Å². The number of pyridine rings is 1. The smallest absolute Gasteiger partial charge is 0.287 e. The lowest BCUT2D eigenvalue weighted by atomic mass is 10.1. The molecule has 1 N–H and O–H groups in total. The number of carbonyl (C=O) groups excluding carboxylic acids is 1. The maximum atomic E-state index is 12.3. The first kappa shape index (κ1) is 13.6. The van der Waals surface area contributed by atoms with Crippen molar-refractivity contribution in [3.05, 3.63) is 64.6 Å². The number of carbonyl (C=O) groups is 1. The van der Waals surface area contributed by atoms with Gasteiger partial charge in [0, 0.05) is 29.9 Å². The van der Waals surface area contributed by atoms with Crippen molar-refractivity contribution in [1.29, 1.82) is 0 Å². The fourth-order valence-corrected chi connectivity index (χ4v) is 2.40. The summed E-state index contributed by atoms with van der Waals surface area (Å²) in [6.07, 6.45) is 3.38. The molecule has 0 aliphatic heterocycles. The van der Waals surface area contributed by atoms with E-state index in [1.54, 1.807) is 18.5 Å². The predicted octanol–water partition coefficient (Wildman–Crippen LogP) is 3.72. The zero-order valence-corrected chi connectivity index (χ0v) is 12.1. The molecular formula is C16H13ClN2O2. The fourth-order valence-electron chi connectivity index (χ4n) is 2.19. The molecule has 0 atom stereocenters. The molecule has 0 bridgehead atoms. The lowest BCUT2D eigenvalue weighted by Crippen LogP contribution is -2.22. The van der Waals surface area contributed by atoms with Gasteiger partial charge in [-0.1, -0.05) is 23.7 Å². The molecule has 2 heterocycles. The summed E-state index contributed by atoms with van der Waals surface area (Å²) in [6, 6.07) is 9.17. The summed E-state index contributed by atoms with van der Waals surface area (Å²) in [7, 11) is 0. The maximum absolute atomic E-state index is 12.3. The van der Waals surface area contributed by atoms with Crippen LogP contribution in [0.25, 0.3) is 11.0 Å². The van der Waals surface area contributed by atoms with E-state index in [1.807, 2.05) is 31.2 Å². The zero-order chi connectivity index (χ0) is 14.8. The SMILES string of the molecule is Cc1c(C(=O)NCc2ccncc2)oc2c(Cl)cccc12. The van der Waals surface area contributed by atoms with E-state index in [0.29, 0.717) is 22.9 Å². The summed E-state index contributed by atoms with van der Waals surface area (Å²) in [5.41, 5.74) is 2.32. The van der Waals surface area contributed by atoms with Gasteiger partial charge in [-0.25, -0.2) is 0 Å². The van der Waals surface area contributed by atoms with Crippen molar-refractivity contribution in [2.45, 2.75) is 13.5 Å². The molecule has 0 fully saturated rings. The highest BCUT2D eigenvalue weighted by atomic mass is 35.5. The molecule has 21 heavy (non-hydrogen) atoms. The molecule has 0 unspecified atom stereocenters. The van der Waals surface area contributed by atoms with Crippen LogP contribution < -0.4 is 5.32 Å². The average molecular weight is 301 g/mol. The molecule has 1 aromatic carbocycles. The Morgan fingerprint density at radius 3 is 2.76 bits per heavy atom. The first-order valence-electron chi connectivity index (χ1n) is 6.51. The van der Waals surface area contributed by atoms with E-state index < -0.39 is 0 Å². The Hall–Kier alpha value is -2.33. The van der Waals surface area contributed by atoms with Gasteiger partial charge in [0.25, 0.3) is 5.91 Å². The molecule has 0 spiro atoms. The Kier molecular flexibility index (Phi) is 3.62. The van der Waals surface area contributed by atoms with Gasteiger partial charge in [0.1, 0.15) is 0 Å². The van der Waals surface area contributed by atoms with Gasteiger partial charge >= 0.3 is 0 Å². The van der Waals surface area contributed by atoms with Crippen LogP contribution in [-0.4, -0.2) is 10.9 Å². The molecule has 106 valence electrons. The first-order valence-corrected chi connectivity index (χ1v) is 6.89. The number of furan rings is 1. The fraction of sp³-hybridized carbons (Fsp3) is 0.125. The molecule has 2 aromatic heterocycles. The molecule has 3 aromatic rings. The number of para-hydroxylation sites is 1. The van der Waals surface area contributed by atoms with E-state index in [4.69, 9.17) is 16.0 Å². The number of hydrogen-bond acceptors (Lipinski definition) is 3. The Morgan fingerprint density at radius 2 is 2.05 bits per heavy atom. The first-order chi connectivity index (χ1) is 10.2. The van der Waals surface area contributed by atoms with Crippen LogP contribution in [0.15, 0.2) is 47.1 Å². The molecule has 0 aliphatic carbocycles. The number of amides is 1. The van der Waals surface area contributed by atoms with Crippen LogP contribution in [-0.2, 0) is 6.54 Å². The van der Waals surface area contributed by atoms with Crippen molar-refractivity contribution in [1.82, 2.24) is 10.3 Å². The monoisotopic (exact) mass is 300 g/mol. The minimum atomic E-state index is -0.253. The van der Waals surface area contributed by atoms with Gasteiger partial charge in [0.2, 0.25) is 0 Å². The van der Waals surface area contributed by atoms with Crippen LogP contribution in [0, 0.1) is 6.92 Å². The Balaban J connectivity index is 1.85. The van der Waals surface area contributed by atoms with E-state index in [2.05, 4.69) is 10.3 Å². The molecule has 0 radical (unpaired) electrons. The van der Waals surface area contributed by atoms with E-state index in [9.17, 15) is 4.79 Å². The molecule has 5 heteroatoms. The van der Waals surface area contributed by atoms with Crippen molar-refractivity contribution in [3.63, 3.8) is 0 Å². The van der Waals surface area contributed by atoms with Gasteiger partial charge < -0.3 is 9.73 Å². The summed E-state index contributed by atoms with van der Waals surface area (Å²) in [6.45, 7) is 2.27. The second kappa shape index (κ2) is 5.58. The molecule has 0 saturated heterocycles. The topological polar surface area (TPSA) is 55.1 Å². The van der Waals surface area contributed by atoms with Crippen LogP contribution in [0.3, 0.4) is 0 Å². The van der Waals surface area contributed by atoms with Crippen molar-refractivity contribution in [2.75, 3.05) is 0 Å². The van der Waals surface area contributed by atoms with E-state index in [1.165, 1.54) is 0 Å². The van der Waals surface area contributed by atoms with Gasteiger partial charge in [-0.05, 0) is 30.7 Å². The highest BCUT2D eigenvalue weighted by Gasteiger charge is 2.18. The molecule has 0 aliphatic rings. The van der Waals surface area contributed by atoms with Gasteiger partial charge in [-0.3, -0.25) is 9.78 Å². The number of benzene rings is 1. The molecule has 3 rings (SSSR count). The summed E-state index contributed by atoms with van der Waals surface area (Å²) in [4.78, 5) is 16.2. The van der Waals surface area contributed by atoms with E-state index in [-0.39, 0.29) is 5.91 Å². The standard InChI is InChI=1S/C16H13ClN2O2/c1-10-12-3-2-4-13(17)15(12)21-14(10)16(20)19-9-11-5-7-18-8-6-11/h2-8H,9H2,1H3,(H,19,20). The lowest BCUT2D eigenvalue weighted by molar-refractivity contribution is 0.0924. The minimum Gasteiger partial charge on any atom is -0.449 e. The molecule has 0 saturated carbocycles. The van der Waals surface area contributed by atoms with Crippen molar-refractivity contribution in [2.24, 2.45) is 0 Å². The van der Waals surface area contributed by atoms with Crippen molar-refractivity contribution < 1.29 is 9.21 Å². The van der Waals surface area contributed by atoms with Crippen LogP contribution in [0.4, 0.5) is 0 Å². The number of halogens is 1. The number of fused-ring (bicyclic) bond motifs is 1. The summed E-state index contributed by atoms with van der Waals surface area (Å²) in [5.74, 6) is 0.0451. The Morgan fingerprint density at radius 1 is 1.29 bits per heavy atom. The van der Waals surface area contributed by atoms with Gasteiger partial charge in [-0.2, -0.15) is 0 Å². The van der Waals surface area contributed by atoms with Crippen LogP contribution in [0.5, 0.6) is 0 Å². The maximum Gasteiger partial charge on any atom is 0.287 e. The number of aryl methyl sites for hydroxylation is 1. The molecular weight excluding hydrogens is 288 g/mol. The second-order valence-corrected chi connectivity index (χ2v) is 5.12. The zero-order valence-electron chi connectivity index (χ0n) is 11.4. The summed E-state index contributed by atoms with van der Waals surface area (Å²) >= 11 is 6.09. The Labute approximate surface area is 126 Å². The predicted molar refractivity (Wildman–Crippen MR) is 81.4 cm³/mol. The average Bonchev–Trinajstić information content (AvgIpc) is 2.85. The molecule has 1 amide bonds. The third-order valence-corrected chi connectivity index (χ3v) is 3.62. The van der Waals surface area contributed by atoms with Crippen LogP contribution >= 0.6 is 11.6 Å². The van der Waals surface area contributed by atoms with Crippen molar-refractivity contribution in [3.8, 4) is 0 Å². The number of aromatic nitrogens is 1. The summed E-state index contributed by atoms with van der Waals surface area (Å²) in [5, 5.41) is 4.19. The normalized spacial score (nSPS) is 10.8. The van der Waals surface area contributed by atoms with Gasteiger partial charge in [0.05, 0.1) is 5.02 Å². The van der Waals surface area contributed by atoms with Crippen molar-refractivity contribution >= 4 is 28.5 Å². The number of hydrogen-bond donors (Lipinski definition) is 1. The Bertz CT molecular complexity index is 797. The quantitative estimate of drug-likeness (QED) is 0.802. The second-order valence-electron chi connectivity index (χ2n) is 4.71. The third-order valence-electron chi connectivity index (χ3n) is 3.32. The third kappa shape index (κ3) is 2.62. The van der Waals surface area contributed by atoms with Gasteiger partial charge in [0.15, 0.2) is 11.3 Å². The lowest BCUT2D eigenvalue weighted by Gasteiger charge is -2.03.